The second-order valence-electron chi connectivity index (χ2n) is 5.33. The van der Waals surface area contributed by atoms with Crippen LogP contribution in [-0.4, -0.2) is 38.3 Å². The molecule has 140 valence electrons. The van der Waals surface area contributed by atoms with E-state index in [0.717, 1.165) is 17.8 Å². The minimum Gasteiger partial charge on any atom is -0.493 e. The Balaban J connectivity index is 2.13. The van der Waals surface area contributed by atoms with E-state index in [2.05, 4.69) is 20.6 Å². The lowest BCUT2D eigenvalue weighted by atomic mass is 10.2. The number of nitrogens with one attached hydrogen (secondary N) is 2. The highest BCUT2D eigenvalue weighted by Crippen LogP contribution is 2.30. The average Bonchev–Trinajstić information content (AvgIpc) is 2.67. The van der Waals surface area contributed by atoms with Gasteiger partial charge in [0.05, 0.1) is 27.4 Å². The molecule has 0 saturated heterocycles. The summed E-state index contributed by atoms with van der Waals surface area (Å²) in [5.74, 6) is 2.64. The normalized spacial score (nSPS) is 11.0. The van der Waals surface area contributed by atoms with Crippen LogP contribution in [0.2, 0.25) is 0 Å². The van der Waals surface area contributed by atoms with Gasteiger partial charge in [-0.05, 0) is 37.6 Å². The Morgan fingerprint density at radius 3 is 2.62 bits per heavy atom. The predicted molar refractivity (Wildman–Crippen MR) is 103 cm³/mol. The Hall–Kier alpha value is -2.96. The molecule has 0 aliphatic heterocycles. The van der Waals surface area contributed by atoms with Crippen LogP contribution in [0.15, 0.2) is 41.5 Å². The quantitative estimate of drug-likeness (QED) is 0.558. The molecule has 0 saturated carbocycles. The molecule has 0 aliphatic carbocycles. The summed E-state index contributed by atoms with van der Waals surface area (Å²) in [4.78, 5) is 8.71. The van der Waals surface area contributed by atoms with Gasteiger partial charge >= 0.3 is 0 Å². The number of aliphatic imine (C=N–C) groups is 1. The van der Waals surface area contributed by atoms with Crippen LogP contribution in [0.5, 0.6) is 17.4 Å². The summed E-state index contributed by atoms with van der Waals surface area (Å²) in [5.41, 5.74) is 1.87. The third-order valence-electron chi connectivity index (χ3n) is 3.50. The molecule has 0 aliphatic rings. The number of hydrogen-bond donors (Lipinski definition) is 2. The minimum atomic E-state index is 0.502. The van der Waals surface area contributed by atoms with E-state index >= 15 is 0 Å². The standard InChI is InChI=1S/C19H26N4O3/c1-5-20-19(22-13-14-9-10-21-18(11-14)25-4)23-15-7-8-16(26-6-2)17(12-15)24-3/h7-12H,5-6,13H2,1-4H3,(H2,20,22,23). The van der Waals surface area contributed by atoms with E-state index in [1.807, 2.05) is 44.2 Å². The van der Waals surface area contributed by atoms with Gasteiger partial charge in [-0.15, -0.1) is 0 Å². The maximum atomic E-state index is 5.55. The van der Waals surface area contributed by atoms with E-state index < -0.39 is 0 Å². The third kappa shape index (κ3) is 5.54. The summed E-state index contributed by atoms with van der Waals surface area (Å²) < 4.78 is 16.1. The first-order chi connectivity index (χ1) is 12.7. The summed E-state index contributed by atoms with van der Waals surface area (Å²) in [6, 6.07) is 9.47. The van der Waals surface area contributed by atoms with Crippen LogP contribution < -0.4 is 24.8 Å². The van der Waals surface area contributed by atoms with Crippen LogP contribution in [-0.2, 0) is 6.54 Å². The van der Waals surface area contributed by atoms with Crippen molar-refractivity contribution in [2.75, 3.05) is 32.7 Å². The van der Waals surface area contributed by atoms with Gasteiger partial charge in [-0.3, -0.25) is 0 Å². The highest BCUT2D eigenvalue weighted by Gasteiger charge is 2.07. The molecule has 7 nitrogen and oxygen atoms in total. The summed E-state index contributed by atoms with van der Waals surface area (Å²) in [6.07, 6.45) is 1.71. The Bertz CT molecular complexity index is 734. The molecular formula is C19H26N4O3. The number of ether oxygens (including phenoxy) is 3. The van der Waals surface area contributed by atoms with Gasteiger partial charge < -0.3 is 24.8 Å². The predicted octanol–water partition coefficient (Wildman–Crippen LogP) is 3.08. The summed E-state index contributed by atoms with van der Waals surface area (Å²) in [6.45, 7) is 5.80. The van der Waals surface area contributed by atoms with Crippen molar-refractivity contribution in [3.63, 3.8) is 0 Å². The van der Waals surface area contributed by atoms with Crippen LogP contribution in [0.25, 0.3) is 0 Å². The summed E-state index contributed by atoms with van der Waals surface area (Å²) in [5, 5.41) is 6.51. The van der Waals surface area contributed by atoms with E-state index in [1.165, 1.54) is 0 Å². The molecule has 1 heterocycles. The zero-order valence-electron chi connectivity index (χ0n) is 15.7. The highest BCUT2D eigenvalue weighted by molar-refractivity contribution is 5.93. The van der Waals surface area contributed by atoms with Gasteiger partial charge in [0.1, 0.15) is 0 Å². The number of methoxy groups -OCH3 is 2. The molecule has 0 amide bonds. The van der Waals surface area contributed by atoms with Gasteiger partial charge in [0.15, 0.2) is 17.5 Å². The fourth-order valence-electron chi connectivity index (χ4n) is 2.29. The largest absolute Gasteiger partial charge is 0.493 e. The first-order valence-electron chi connectivity index (χ1n) is 8.55. The van der Waals surface area contributed by atoms with Crippen LogP contribution >= 0.6 is 0 Å². The SMILES string of the molecule is CCNC(=NCc1ccnc(OC)c1)Nc1ccc(OCC)c(OC)c1. The summed E-state index contributed by atoms with van der Waals surface area (Å²) in [7, 11) is 3.22. The molecule has 1 aromatic carbocycles. The van der Waals surface area contributed by atoms with E-state index in [4.69, 9.17) is 14.2 Å². The molecule has 2 aromatic rings. The van der Waals surface area contributed by atoms with Crippen molar-refractivity contribution in [2.24, 2.45) is 4.99 Å². The van der Waals surface area contributed by atoms with Crippen LogP contribution in [0.3, 0.4) is 0 Å². The van der Waals surface area contributed by atoms with E-state index in [1.54, 1.807) is 20.4 Å². The van der Waals surface area contributed by atoms with Gasteiger partial charge in [-0.25, -0.2) is 9.98 Å². The van der Waals surface area contributed by atoms with Crippen LogP contribution in [0, 0.1) is 0 Å². The van der Waals surface area contributed by atoms with E-state index in [9.17, 15) is 0 Å². The Morgan fingerprint density at radius 2 is 1.92 bits per heavy atom. The lowest BCUT2D eigenvalue weighted by Gasteiger charge is -2.14. The number of guanidine groups is 1. The van der Waals surface area contributed by atoms with Gasteiger partial charge in [0.25, 0.3) is 0 Å². The molecule has 1 aromatic heterocycles. The van der Waals surface area contributed by atoms with E-state index in [0.29, 0.717) is 36.5 Å². The zero-order valence-corrected chi connectivity index (χ0v) is 15.7. The number of benzene rings is 1. The molecule has 0 atom stereocenters. The van der Waals surface area contributed by atoms with Crippen molar-refractivity contribution in [3.05, 3.63) is 42.1 Å². The maximum absolute atomic E-state index is 5.55. The number of hydrogen-bond acceptors (Lipinski definition) is 5. The van der Waals surface area contributed by atoms with E-state index in [-0.39, 0.29) is 0 Å². The Morgan fingerprint density at radius 1 is 1.08 bits per heavy atom. The van der Waals surface area contributed by atoms with Crippen molar-refractivity contribution < 1.29 is 14.2 Å². The van der Waals surface area contributed by atoms with Gasteiger partial charge in [-0.2, -0.15) is 0 Å². The number of anilines is 1. The fourth-order valence-corrected chi connectivity index (χ4v) is 2.29. The van der Waals surface area contributed by atoms with Crippen molar-refractivity contribution in [2.45, 2.75) is 20.4 Å². The minimum absolute atomic E-state index is 0.502. The molecule has 2 N–H and O–H groups in total. The first kappa shape index (κ1) is 19.4. The lowest BCUT2D eigenvalue weighted by molar-refractivity contribution is 0.311. The molecule has 0 unspecified atom stereocenters. The first-order valence-corrected chi connectivity index (χ1v) is 8.55. The second-order valence-corrected chi connectivity index (χ2v) is 5.33. The molecule has 26 heavy (non-hydrogen) atoms. The molecule has 0 radical (unpaired) electrons. The van der Waals surface area contributed by atoms with Crippen molar-refractivity contribution >= 4 is 11.6 Å². The van der Waals surface area contributed by atoms with Gasteiger partial charge in [0, 0.05) is 30.6 Å². The average molecular weight is 358 g/mol. The summed E-state index contributed by atoms with van der Waals surface area (Å²) >= 11 is 0. The van der Waals surface area contributed by atoms with Crippen LogP contribution in [0.1, 0.15) is 19.4 Å². The molecule has 0 fully saturated rings. The molecule has 0 spiro atoms. The lowest BCUT2D eigenvalue weighted by Crippen LogP contribution is -2.30. The smallest absolute Gasteiger partial charge is 0.213 e. The van der Waals surface area contributed by atoms with Crippen molar-refractivity contribution in [1.29, 1.82) is 0 Å². The Kier molecular flexibility index (Phi) is 7.54. The number of aromatic nitrogens is 1. The highest BCUT2D eigenvalue weighted by atomic mass is 16.5. The van der Waals surface area contributed by atoms with Crippen molar-refractivity contribution in [3.8, 4) is 17.4 Å². The second kappa shape index (κ2) is 10.1. The molecule has 7 heteroatoms. The van der Waals surface area contributed by atoms with Crippen LogP contribution in [0.4, 0.5) is 5.69 Å². The van der Waals surface area contributed by atoms with Gasteiger partial charge in [-0.1, -0.05) is 0 Å². The van der Waals surface area contributed by atoms with Crippen molar-refractivity contribution in [1.82, 2.24) is 10.3 Å². The number of nitrogens with zero attached hydrogens (tertiary/aromatic N) is 2. The monoisotopic (exact) mass is 358 g/mol. The van der Waals surface area contributed by atoms with Gasteiger partial charge in [0.2, 0.25) is 5.88 Å². The molecule has 0 bridgehead atoms. The fraction of sp³-hybridized carbons (Fsp3) is 0.368. The Labute approximate surface area is 154 Å². The number of pyridine rings is 1. The topological polar surface area (TPSA) is 77.0 Å². The number of rotatable bonds is 8. The maximum Gasteiger partial charge on any atom is 0.213 e. The molecular weight excluding hydrogens is 332 g/mol. The molecule has 2 rings (SSSR count). The zero-order chi connectivity index (χ0) is 18.8. The third-order valence-corrected chi connectivity index (χ3v) is 3.50.